The monoisotopic (exact) mass is 504 g/mol. The molecule has 0 bridgehead atoms. The Hall–Kier alpha value is -2.03. The van der Waals surface area contributed by atoms with E-state index in [0.29, 0.717) is 42.4 Å². The van der Waals surface area contributed by atoms with Crippen molar-refractivity contribution in [3.05, 3.63) is 65.0 Å². The van der Waals surface area contributed by atoms with E-state index in [4.69, 9.17) is 4.74 Å². The van der Waals surface area contributed by atoms with Crippen LogP contribution in [0.2, 0.25) is 0 Å². The van der Waals surface area contributed by atoms with Crippen molar-refractivity contribution in [3.63, 3.8) is 0 Å². The molecule has 1 amide bonds. The number of halogens is 1. The SMILES string of the molecule is CSCCC(NC(=O)c1cc(OCC2CC(S)CN2)ccc1CCc1ccc(F)cc1)C(C)=O. The Morgan fingerprint density at radius 2 is 2.00 bits per heavy atom. The number of carbonyl (C=O) groups is 2. The number of ketones is 1. The average molecular weight is 505 g/mol. The van der Waals surface area contributed by atoms with E-state index in [-0.39, 0.29) is 23.5 Å². The van der Waals surface area contributed by atoms with Gasteiger partial charge in [-0.15, -0.1) is 0 Å². The fraction of sp³-hybridized carbons (Fsp3) is 0.462. The minimum absolute atomic E-state index is 0.0590. The predicted molar refractivity (Wildman–Crippen MR) is 140 cm³/mol. The maximum atomic E-state index is 13.3. The number of rotatable bonds is 12. The first-order valence-electron chi connectivity index (χ1n) is 11.6. The molecule has 2 aromatic carbocycles. The highest BCUT2D eigenvalue weighted by molar-refractivity contribution is 7.98. The molecule has 8 heteroatoms. The number of amides is 1. The number of benzene rings is 2. The van der Waals surface area contributed by atoms with Crippen LogP contribution in [-0.2, 0) is 17.6 Å². The lowest BCUT2D eigenvalue weighted by molar-refractivity contribution is -0.118. The molecule has 3 atom stereocenters. The molecular formula is C26H33FN2O3S2. The molecule has 1 aliphatic rings. The molecule has 3 unspecified atom stereocenters. The highest BCUT2D eigenvalue weighted by Gasteiger charge is 2.23. The van der Waals surface area contributed by atoms with E-state index in [1.165, 1.54) is 19.1 Å². The van der Waals surface area contributed by atoms with Crippen LogP contribution < -0.4 is 15.4 Å². The number of nitrogens with one attached hydrogen (secondary N) is 2. The van der Waals surface area contributed by atoms with E-state index in [1.54, 1.807) is 30.0 Å². The molecule has 5 nitrogen and oxygen atoms in total. The molecule has 1 fully saturated rings. The quantitative estimate of drug-likeness (QED) is 0.380. The Balaban J connectivity index is 1.76. The van der Waals surface area contributed by atoms with Gasteiger partial charge in [0, 0.05) is 23.4 Å². The third-order valence-corrected chi connectivity index (χ3v) is 7.02. The summed E-state index contributed by atoms with van der Waals surface area (Å²) in [5.74, 6) is 0.785. The van der Waals surface area contributed by atoms with E-state index in [2.05, 4.69) is 23.3 Å². The predicted octanol–water partition coefficient (Wildman–Crippen LogP) is 4.09. The van der Waals surface area contributed by atoms with Crippen molar-refractivity contribution in [2.24, 2.45) is 0 Å². The first-order valence-corrected chi connectivity index (χ1v) is 13.5. The van der Waals surface area contributed by atoms with E-state index in [9.17, 15) is 14.0 Å². The zero-order valence-corrected chi connectivity index (χ0v) is 21.4. The molecule has 1 saturated heterocycles. The lowest BCUT2D eigenvalue weighted by Gasteiger charge is -2.18. The number of ether oxygens (including phenoxy) is 1. The van der Waals surface area contributed by atoms with E-state index in [1.807, 2.05) is 18.4 Å². The second-order valence-corrected chi connectivity index (χ2v) is 10.4. The molecule has 3 rings (SSSR count). The Morgan fingerprint density at radius 3 is 2.65 bits per heavy atom. The van der Waals surface area contributed by atoms with Gasteiger partial charge in [-0.3, -0.25) is 9.59 Å². The Labute approximate surface area is 211 Å². The molecule has 0 spiro atoms. The van der Waals surface area contributed by atoms with Crippen molar-refractivity contribution in [2.75, 3.05) is 25.2 Å². The fourth-order valence-electron chi connectivity index (χ4n) is 3.98. The van der Waals surface area contributed by atoms with Crippen LogP contribution in [0.25, 0.3) is 0 Å². The molecule has 34 heavy (non-hydrogen) atoms. The van der Waals surface area contributed by atoms with Crippen molar-refractivity contribution >= 4 is 36.1 Å². The van der Waals surface area contributed by atoms with Gasteiger partial charge in [0.25, 0.3) is 5.91 Å². The molecule has 0 saturated carbocycles. The summed E-state index contributed by atoms with van der Waals surface area (Å²) < 4.78 is 19.2. The topological polar surface area (TPSA) is 67.4 Å². The van der Waals surface area contributed by atoms with Gasteiger partial charge in [-0.2, -0.15) is 24.4 Å². The Kier molecular flexibility index (Phi) is 10.3. The summed E-state index contributed by atoms with van der Waals surface area (Å²) in [6.07, 6.45) is 4.76. The summed E-state index contributed by atoms with van der Waals surface area (Å²) in [6, 6.07) is 11.6. The van der Waals surface area contributed by atoms with Crippen LogP contribution in [0.3, 0.4) is 0 Å². The van der Waals surface area contributed by atoms with Gasteiger partial charge < -0.3 is 15.4 Å². The summed E-state index contributed by atoms with van der Waals surface area (Å²) in [4.78, 5) is 25.3. The van der Waals surface area contributed by atoms with Crippen molar-refractivity contribution in [1.29, 1.82) is 0 Å². The minimum Gasteiger partial charge on any atom is -0.492 e. The Morgan fingerprint density at radius 1 is 1.24 bits per heavy atom. The van der Waals surface area contributed by atoms with Gasteiger partial charge in [-0.1, -0.05) is 18.2 Å². The maximum absolute atomic E-state index is 13.3. The van der Waals surface area contributed by atoms with Crippen LogP contribution in [0.5, 0.6) is 5.75 Å². The van der Waals surface area contributed by atoms with Crippen molar-refractivity contribution in [3.8, 4) is 5.75 Å². The minimum atomic E-state index is -0.524. The third kappa shape index (κ3) is 8.03. The van der Waals surface area contributed by atoms with E-state index in [0.717, 1.165) is 29.8 Å². The van der Waals surface area contributed by atoms with Gasteiger partial charge in [0.1, 0.15) is 18.2 Å². The van der Waals surface area contributed by atoms with Crippen LogP contribution in [0.4, 0.5) is 4.39 Å². The number of hydrogen-bond donors (Lipinski definition) is 3. The number of carbonyl (C=O) groups excluding carboxylic acids is 2. The van der Waals surface area contributed by atoms with Crippen LogP contribution in [0, 0.1) is 5.82 Å². The molecule has 2 N–H and O–H groups in total. The van der Waals surface area contributed by atoms with Gasteiger partial charge in [-0.05, 0) is 80.0 Å². The standard InChI is InChI=1S/C26H33FN2O3S2/c1-17(30)25(11-12-34-2)29-26(31)24-14-22(32-16-21-13-23(33)15-28-21)10-7-19(24)6-3-18-4-8-20(27)9-5-18/h4-5,7-10,14,21,23,25,28,33H,3,6,11-13,15-16H2,1-2H3,(H,29,31). The lowest BCUT2D eigenvalue weighted by atomic mass is 9.98. The van der Waals surface area contributed by atoms with Gasteiger partial charge in [0.05, 0.1) is 6.04 Å². The van der Waals surface area contributed by atoms with Crippen molar-refractivity contribution in [1.82, 2.24) is 10.6 Å². The Bertz CT molecular complexity index is 971. The van der Waals surface area contributed by atoms with Crippen LogP contribution in [0.1, 0.15) is 41.3 Å². The van der Waals surface area contributed by atoms with Gasteiger partial charge in [-0.25, -0.2) is 4.39 Å². The van der Waals surface area contributed by atoms with E-state index >= 15 is 0 Å². The number of thioether (sulfide) groups is 1. The zero-order chi connectivity index (χ0) is 24.5. The first-order chi connectivity index (χ1) is 16.4. The van der Waals surface area contributed by atoms with Crippen molar-refractivity contribution in [2.45, 2.75) is 49.9 Å². The first kappa shape index (κ1) is 26.6. The summed E-state index contributed by atoms with van der Waals surface area (Å²) in [7, 11) is 0. The lowest BCUT2D eigenvalue weighted by Crippen LogP contribution is -2.40. The number of aryl methyl sites for hydroxylation is 2. The van der Waals surface area contributed by atoms with Gasteiger partial charge in [0.2, 0.25) is 0 Å². The third-order valence-electron chi connectivity index (χ3n) is 5.98. The van der Waals surface area contributed by atoms with Gasteiger partial charge in [0.15, 0.2) is 5.78 Å². The van der Waals surface area contributed by atoms with Crippen LogP contribution in [-0.4, -0.2) is 54.2 Å². The number of thiol groups is 1. The van der Waals surface area contributed by atoms with Gasteiger partial charge >= 0.3 is 0 Å². The molecule has 1 heterocycles. The molecule has 0 aromatic heterocycles. The zero-order valence-electron chi connectivity index (χ0n) is 19.7. The molecule has 0 radical (unpaired) electrons. The summed E-state index contributed by atoms with van der Waals surface area (Å²) >= 11 is 6.14. The molecule has 0 aliphatic carbocycles. The largest absolute Gasteiger partial charge is 0.492 e. The van der Waals surface area contributed by atoms with Crippen LogP contribution in [0.15, 0.2) is 42.5 Å². The van der Waals surface area contributed by atoms with Crippen LogP contribution >= 0.6 is 24.4 Å². The molecule has 1 aliphatic heterocycles. The molecule has 184 valence electrons. The molecular weight excluding hydrogens is 471 g/mol. The average Bonchev–Trinajstić information content (AvgIpc) is 3.25. The molecule has 2 aromatic rings. The highest BCUT2D eigenvalue weighted by Crippen LogP contribution is 2.22. The number of Topliss-reactive ketones (excluding diaryl/α,β-unsaturated/α-hetero) is 1. The second kappa shape index (κ2) is 13.2. The maximum Gasteiger partial charge on any atom is 0.252 e. The van der Waals surface area contributed by atoms with E-state index < -0.39 is 6.04 Å². The summed E-state index contributed by atoms with van der Waals surface area (Å²) in [5.41, 5.74) is 2.35. The van der Waals surface area contributed by atoms with Crippen molar-refractivity contribution < 1.29 is 18.7 Å². The smallest absolute Gasteiger partial charge is 0.252 e. The number of hydrogen-bond acceptors (Lipinski definition) is 6. The second-order valence-electron chi connectivity index (χ2n) is 8.67. The fourth-order valence-corrected chi connectivity index (χ4v) is 4.81. The normalized spacial score (nSPS) is 18.5. The summed E-state index contributed by atoms with van der Waals surface area (Å²) in [5, 5.41) is 6.62. The highest BCUT2D eigenvalue weighted by atomic mass is 32.2. The summed E-state index contributed by atoms with van der Waals surface area (Å²) in [6.45, 7) is 2.86.